The second kappa shape index (κ2) is 6.64. The van der Waals surface area contributed by atoms with Crippen LogP contribution in [0.4, 0.5) is 0 Å². The van der Waals surface area contributed by atoms with Crippen LogP contribution < -0.4 is 5.32 Å². The second-order valence-electron chi connectivity index (χ2n) is 4.20. The molecular weight excluding hydrogens is 244 g/mol. The molecule has 96 valence electrons. The third-order valence-electron chi connectivity index (χ3n) is 2.63. The van der Waals surface area contributed by atoms with Gasteiger partial charge in [-0.05, 0) is 18.1 Å². The van der Waals surface area contributed by atoms with Gasteiger partial charge >= 0.3 is 0 Å². The van der Waals surface area contributed by atoms with Crippen molar-refractivity contribution >= 4 is 11.3 Å². The molecule has 4 heteroatoms. The molecule has 0 unspecified atom stereocenters. The zero-order chi connectivity index (χ0) is 12.8. The summed E-state index contributed by atoms with van der Waals surface area (Å²) in [4.78, 5) is 5.52. The van der Waals surface area contributed by atoms with Gasteiger partial charge in [-0.3, -0.25) is 0 Å². The minimum absolute atomic E-state index is 0.674. The molecule has 0 amide bonds. The Kier molecular flexibility index (Phi) is 4.87. The molecule has 2 rings (SSSR count). The van der Waals surface area contributed by atoms with Crippen LogP contribution >= 0.6 is 11.3 Å². The lowest BCUT2D eigenvalue weighted by Gasteiger charge is -2.05. The predicted molar refractivity (Wildman–Crippen MR) is 74.5 cm³/mol. The summed E-state index contributed by atoms with van der Waals surface area (Å²) >= 11 is 1.74. The van der Waals surface area contributed by atoms with Crippen LogP contribution in [0.3, 0.4) is 0 Å². The first-order chi connectivity index (χ1) is 8.78. The highest BCUT2D eigenvalue weighted by Gasteiger charge is 1.98. The van der Waals surface area contributed by atoms with E-state index in [4.69, 9.17) is 4.74 Å². The van der Waals surface area contributed by atoms with E-state index < -0.39 is 0 Å². The highest BCUT2D eigenvalue weighted by Crippen LogP contribution is 2.11. The van der Waals surface area contributed by atoms with Crippen LogP contribution in [0.1, 0.15) is 21.0 Å². The number of aromatic nitrogens is 1. The van der Waals surface area contributed by atoms with Gasteiger partial charge in [0.1, 0.15) is 0 Å². The van der Waals surface area contributed by atoms with Gasteiger partial charge in [-0.25, -0.2) is 4.98 Å². The molecule has 0 spiro atoms. The fraction of sp³-hybridized carbons (Fsp3) is 0.357. The molecule has 0 saturated heterocycles. The number of thiazole rings is 1. The number of ether oxygens (including phenoxy) is 1. The molecule has 0 aliphatic heterocycles. The van der Waals surface area contributed by atoms with Crippen LogP contribution in [0.5, 0.6) is 0 Å². The van der Waals surface area contributed by atoms with E-state index in [9.17, 15) is 0 Å². The molecular formula is C14H18N2OS. The van der Waals surface area contributed by atoms with Crippen LogP contribution in [-0.2, 0) is 24.4 Å². The lowest BCUT2D eigenvalue weighted by Crippen LogP contribution is -2.11. The van der Waals surface area contributed by atoms with E-state index in [2.05, 4.69) is 34.6 Å². The van der Waals surface area contributed by atoms with Gasteiger partial charge < -0.3 is 10.1 Å². The predicted octanol–water partition coefficient (Wildman–Crippen LogP) is 2.89. The lowest BCUT2D eigenvalue weighted by molar-refractivity contribution is 0.185. The van der Waals surface area contributed by atoms with Crippen LogP contribution in [-0.4, -0.2) is 12.1 Å². The fourth-order valence-electron chi connectivity index (χ4n) is 1.74. The fourth-order valence-corrected chi connectivity index (χ4v) is 2.50. The number of hydrogen-bond acceptors (Lipinski definition) is 4. The van der Waals surface area contributed by atoms with Crippen molar-refractivity contribution in [2.75, 3.05) is 7.11 Å². The van der Waals surface area contributed by atoms with E-state index in [1.807, 2.05) is 13.1 Å². The molecule has 1 heterocycles. The summed E-state index contributed by atoms with van der Waals surface area (Å²) in [6.07, 6.45) is 1.94. The maximum atomic E-state index is 5.09. The SMILES string of the molecule is COCc1ccc(CNCc2cnc(C)s2)cc1. The normalized spacial score (nSPS) is 10.8. The number of nitrogens with one attached hydrogen (secondary N) is 1. The Bertz CT molecular complexity index is 479. The van der Waals surface area contributed by atoms with E-state index in [0.29, 0.717) is 6.61 Å². The monoisotopic (exact) mass is 262 g/mol. The van der Waals surface area contributed by atoms with Gasteiger partial charge in [0.15, 0.2) is 0 Å². The standard InChI is InChI=1S/C14H18N2OS/c1-11-16-9-14(18-11)8-15-7-12-3-5-13(6-4-12)10-17-2/h3-6,9,15H,7-8,10H2,1-2H3. The minimum atomic E-state index is 0.674. The topological polar surface area (TPSA) is 34.1 Å². The van der Waals surface area contributed by atoms with Crippen molar-refractivity contribution in [2.24, 2.45) is 0 Å². The van der Waals surface area contributed by atoms with E-state index in [0.717, 1.165) is 18.1 Å². The maximum Gasteiger partial charge on any atom is 0.0897 e. The molecule has 0 atom stereocenters. The number of benzene rings is 1. The van der Waals surface area contributed by atoms with Crippen molar-refractivity contribution in [3.05, 3.63) is 51.5 Å². The van der Waals surface area contributed by atoms with Crippen LogP contribution in [0.25, 0.3) is 0 Å². The molecule has 0 fully saturated rings. The molecule has 0 aliphatic carbocycles. The van der Waals surface area contributed by atoms with Gasteiger partial charge in [0.25, 0.3) is 0 Å². The van der Waals surface area contributed by atoms with Gasteiger partial charge in [-0.1, -0.05) is 24.3 Å². The Morgan fingerprint density at radius 2 is 1.89 bits per heavy atom. The van der Waals surface area contributed by atoms with Gasteiger partial charge in [-0.15, -0.1) is 11.3 Å². The number of nitrogens with zero attached hydrogens (tertiary/aromatic N) is 1. The molecule has 1 aromatic carbocycles. The number of rotatable bonds is 6. The van der Waals surface area contributed by atoms with Crippen LogP contribution in [0.15, 0.2) is 30.5 Å². The highest BCUT2D eigenvalue weighted by atomic mass is 32.1. The highest BCUT2D eigenvalue weighted by molar-refractivity contribution is 7.11. The molecule has 0 radical (unpaired) electrons. The zero-order valence-electron chi connectivity index (χ0n) is 10.8. The van der Waals surface area contributed by atoms with Crippen molar-refractivity contribution in [3.8, 4) is 0 Å². The first-order valence-corrected chi connectivity index (χ1v) is 6.78. The van der Waals surface area contributed by atoms with Crippen molar-refractivity contribution in [1.29, 1.82) is 0 Å². The summed E-state index contributed by atoms with van der Waals surface area (Å²) in [5.41, 5.74) is 2.50. The molecule has 3 nitrogen and oxygen atoms in total. The molecule has 18 heavy (non-hydrogen) atoms. The number of hydrogen-bond donors (Lipinski definition) is 1. The van der Waals surface area contributed by atoms with E-state index >= 15 is 0 Å². The molecule has 0 aliphatic rings. The molecule has 0 saturated carbocycles. The lowest BCUT2D eigenvalue weighted by atomic mass is 10.1. The van der Waals surface area contributed by atoms with Crippen LogP contribution in [0.2, 0.25) is 0 Å². The Hall–Kier alpha value is -1.23. The third kappa shape index (κ3) is 3.91. The quantitative estimate of drug-likeness (QED) is 0.869. The molecule has 1 N–H and O–H groups in total. The average molecular weight is 262 g/mol. The zero-order valence-corrected chi connectivity index (χ0v) is 11.6. The van der Waals surface area contributed by atoms with E-state index in [-0.39, 0.29) is 0 Å². The summed E-state index contributed by atoms with van der Waals surface area (Å²) in [6, 6.07) is 8.49. The Morgan fingerprint density at radius 1 is 1.17 bits per heavy atom. The van der Waals surface area contributed by atoms with E-state index in [1.54, 1.807) is 18.4 Å². The summed E-state index contributed by atoms with van der Waals surface area (Å²) < 4.78 is 5.09. The molecule has 1 aromatic heterocycles. The van der Waals surface area contributed by atoms with Crippen molar-refractivity contribution < 1.29 is 4.74 Å². The minimum Gasteiger partial charge on any atom is -0.380 e. The molecule has 2 aromatic rings. The van der Waals surface area contributed by atoms with Crippen molar-refractivity contribution in [3.63, 3.8) is 0 Å². The molecule has 0 bridgehead atoms. The number of methoxy groups -OCH3 is 1. The van der Waals surface area contributed by atoms with Gasteiger partial charge in [0, 0.05) is 31.3 Å². The smallest absolute Gasteiger partial charge is 0.0897 e. The van der Waals surface area contributed by atoms with Gasteiger partial charge in [0.05, 0.1) is 11.6 Å². The largest absolute Gasteiger partial charge is 0.380 e. The number of aryl methyl sites for hydroxylation is 1. The first kappa shape index (κ1) is 13.2. The second-order valence-corrected chi connectivity index (χ2v) is 5.52. The maximum absolute atomic E-state index is 5.09. The Morgan fingerprint density at radius 3 is 2.50 bits per heavy atom. The summed E-state index contributed by atoms with van der Waals surface area (Å²) in [7, 11) is 1.71. The summed E-state index contributed by atoms with van der Waals surface area (Å²) in [5, 5.41) is 4.54. The van der Waals surface area contributed by atoms with Crippen molar-refractivity contribution in [2.45, 2.75) is 26.6 Å². The van der Waals surface area contributed by atoms with Crippen LogP contribution in [0, 0.1) is 6.92 Å². The van der Waals surface area contributed by atoms with E-state index in [1.165, 1.54) is 16.0 Å². The first-order valence-electron chi connectivity index (χ1n) is 5.96. The average Bonchev–Trinajstić information content (AvgIpc) is 2.78. The van der Waals surface area contributed by atoms with Gasteiger partial charge in [0.2, 0.25) is 0 Å². The third-order valence-corrected chi connectivity index (χ3v) is 3.54. The van der Waals surface area contributed by atoms with Gasteiger partial charge in [-0.2, -0.15) is 0 Å². The Labute approximate surface area is 112 Å². The Balaban J connectivity index is 1.79. The summed E-state index contributed by atoms with van der Waals surface area (Å²) in [5.74, 6) is 0. The summed E-state index contributed by atoms with van der Waals surface area (Å²) in [6.45, 7) is 4.46. The van der Waals surface area contributed by atoms with Crippen molar-refractivity contribution in [1.82, 2.24) is 10.3 Å².